The molecule has 7 rings (SSSR count). The minimum atomic E-state index is -0.206. The van der Waals surface area contributed by atoms with Gasteiger partial charge in [0.25, 0.3) is 0 Å². The van der Waals surface area contributed by atoms with Crippen LogP contribution in [0.3, 0.4) is 0 Å². The van der Waals surface area contributed by atoms with E-state index in [2.05, 4.69) is 100 Å². The van der Waals surface area contributed by atoms with Gasteiger partial charge in [-0.15, -0.1) is 0 Å². The molecule has 0 saturated carbocycles. The van der Waals surface area contributed by atoms with Crippen molar-refractivity contribution in [3.63, 3.8) is 0 Å². The van der Waals surface area contributed by atoms with Crippen LogP contribution in [0.15, 0.2) is 119 Å². The molecule has 5 aromatic rings. The first-order valence-electron chi connectivity index (χ1n) is 14.9. The maximum atomic E-state index is 5.86. The predicted octanol–water partition coefficient (Wildman–Crippen LogP) is 8.26. The van der Waals surface area contributed by atoms with Crippen molar-refractivity contribution in [2.75, 3.05) is 13.2 Å². The average Bonchev–Trinajstić information content (AvgIpc) is 3.62. The van der Waals surface area contributed by atoms with Crippen LogP contribution in [0.5, 0.6) is 0 Å². The largest absolute Gasteiger partial charge is 0.475 e. The van der Waals surface area contributed by atoms with E-state index >= 15 is 0 Å². The molecule has 0 atom stereocenters. The molecule has 0 fully saturated rings. The molecule has 0 spiro atoms. The number of benzene rings is 4. The van der Waals surface area contributed by atoms with Gasteiger partial charge >= 0.3 is 0 Å². The fraction of sp³-hybridized carbons (Fsp3) is 0.211. The van der Waals surface area contributed by atoms with Crippen molar-refractivity contribution >= 4 is 11.8 Å². The quantitative estimate of drug-likeness (QED) is 0.203. The fourth-order valence-electron chi connectivity index (χ4n) is 5.35. The first kappa shape index (κ1) is 27.7. The predicted molar refractivity (Wildman–Crippen MR) is 177 cm³/mol. The van der Waals surface area contributed by atoms with Crippen LogP contribution in [0.25, 0.3) is 45.0 Å². The van der Waals surface area contributed by atoms with Gasteiger partial charge in [0.1, 0.15) is 13.2 Å². The first-order chi connectivity index (χ1) is 21.2. The van der Waals surface area contributed by atoms with Crippen LogP contribution in [-0.2, 0) is 9.47 Å². The summed E-state index contributed by atoms with van der Waals surface area (Å²) in [5.41, 5.74) is 8.45. The standard InChI is InChI=1S/C38H34N4O2/c1-37(2)23-43-35(41-37)30-18-12-27(13-19-30)32-22-33(28-14-20-31(21-15-28)36-42-38(3,4)24-44-36)40-34(39-32)29-16-10-26(11-17-29)25-8-6-5-7-9-25/h5-22H,23-24H2,1-4H3. The van der Waals surface area contributed by atoms with Crippen molar-refractivity contribution < 1.29 is 9.47 Å². The molecule has 2 aliphatic rings. The van der Waals surface area contributed by atoms with Gasteiger partial charge in [0.2, 0.25) is 11.8 Å². The van der Waals surface area contributed by atoms with E-state index in [0.29, 0.717) is 30.8 Å². The summed E-state index contributed by atoms with van der Waals surface area (Å²) in [6.45, 7) is 9.47. The van der Waals surface area contributed by atoms with Crippen LogP contribution in [0.2, 0.25) is 0 Å². The average molecular weight is 579 g/mol. The second kappa shape index (κ2) is 10.9. The van der Waals surface area contributed by atoms with Gasteiger partial charge in [-0.1, -0.05) is 78.9 Å². The highest BCUT2D eigenvalue weighted by Gasteiger charge is 2.28. The van der Waals surface area contributed by atoms with E-state index < -0.39 is 0 Å². The summed E-state index contributed by atoms with van der Waals surface area (Å²) < 4.78 is 11.7. The minimum absolute atomic E-state index is 0.206. The number of hydrogen-bond donors (Lipinski definition) is 0. The maximum absolute atomic E-state index is 5.86. The van der Waals surface area contributed by atoms with Gasteiger partial charge in [-0.05, 0) is 69.2 Å². The molecule has 218 valence electrons. The summed E-state index contributed by atoms with van der Waals surface area (Å²) >= 11 is 0. The lowest BCUT2D eigenvalue weighted by Gasteiger charge is -2.11. The van der Waals surface area contributed by atoms with Crippen LogP contribution in [0, 0.1) is 0 Å². The molecule has 0 unspecified atom stereocenters. The Morgan fingerprint density at radius 2 is 0.841 bits per heavy atom. The normalized spacial score (nSPS) is 16.5. The van der Waals surface area contributed by atoms with E-state index in [9.17, 15) is 0 Å². The lowest BCUT2D eigenvalue weighted by Crippen LogP contribution is -2.17. The molecule has 6 nitrogen and oxygen atoms in total. The van der Waals surface area contributed by atoms with Gasteiger partial charge in [-0.2, -0.15) is 0 Å². The number of hydrogen-bond acceptors (Lipinski definition) is 6. The molecule has 0 saturated heterocycles. The van der Waals surface area contributed by atoms with Crippen molar-refractivity contribution in [3.05, 3.63) is 120 Å². The SMILES string of the molecule is CC1(C)COC(c2ccc(-c3cc(-c4ccc(C5=NC(C)(C)CO5)cc4)nc(-c4ccc(-c5ccccc5)cc4)n3)cc2)=N1. The Morgan fingerprint density at radius 1 is 0.455 bits per heavy atom. The van der Waals surface area contributed by atoms with Gasteiger partial charge in [0.15, 0.2) is 5.82 Å². The van der Waals surface area contributed by atoms with E-state index in [1.54, 1.807) is 0 Å². The summed E-state index contributed by atoms with van der Waals surface area (Å²) in [5.74, 6) is 2.03. The van der Waals surface area contributed by atoms with Crippen molar-refractivity contribution in [3.8, 4) is 45.0 Å². The molecule has 0 bridgehead atoms. The third-order valence-corrected chi connectivity index (χ3v) is 7.76. The number of nitrogens with zero attached hydrogens (tertiary/aromatic N) is 4. The monoisotopic (exact) mass is 578 g/mol. The molecule has 0 amide bonds. The zero-order valence-electron chi connectivity index (χ0n) is 25.4. The highest BCUT2D eigenvalue weighted by molar-refractivity contribution is 5.96. The van der Waals surface area contributed by atoms with E-state index in [1.165, 1.54) is 5.56 Å². The van der Waals surface area contributed by atoms with E-state index in [0.717, 1.165) is 44.8 Å². The smallest absolute Gasteiger partial charge is 0.216 e. The topological polar surface area (TPSA) is 69.0 Å². The minimum Gasteiger partial charge on any atom is -0.475 e. The molecule has 4 aromatic carbocycles. The molecular weight excluding hydrogens is 544 g/mol. The van der Waals surface area contributed by atoms with Gasteiger partial charge in [0, 0.05) is 27.8 Å². The second-order valence-electron chi connectivity index (χ2n) is 12.6. The Bertz CT molecular complexity index is 1780. The van der Waals surface area contributed by atoms with Crippen LogP contribution in [0.4, 0.5) is 0 Å². The summed E-state index contributed by atoms with van der Waals surface area (Å²) in [4.78, 5) is 19.5. The molecule has 3 heterocycles. The van der Waals surface area contributed by atoms with E-state index in [1.807, 2.05) is 36.4 Å². The van der Waals surface area contributed by atoms with Crippen molar-refractivity contribution in [1.82, 2.24) is 9.97 Å². The lowest BCUT2D eigenvalue weighted by molar-refractivity contribution is 0.279. The summed E-state index contributed by atoms with van der Waals surface area (Å²) in [7, 11) is 0. The molecule has 0 radical (unpaired) electrons. The van der Waals surface area contributed by atoms with Gasteiger partial charge in [-0.25, -0.2) is 20.0 Å². The summed E-state index contributed by atoms with van der Waals surface area (Å²) in [5, 5.41) is 0. The molecule has 44 heavy (non-hydrogen) atoms. The van der Waals surface area contributed by atoms with Gasteiger partial charge in [-0.3, -0.25) is 0 Å². The van der Waals surface area contributed by atoms with Crippen LogP contribution >= 0.6 is 0 Å². The highest BCUT2D eigenvalue weighted by Crippen LogP contribution is 2.31. The Balaban J connectivity index is 1.26. The van der Waals surface area contributed by atoms with Gasteiger partial charge in [0.05, 0.1) is 22.5 Å². The number of ether oxygens (including phenoxy) is 2. The van der Waals surface area contributed by atoms with Crippen molar-refractivity contribution in [2.24, 2.45) is 9.98 Å². The molecule has 2 aliphatic heterocycles. The third kappa shape index (κ3) is 5.76. The molecule has 1 aromatic heterocycles. The third-order valence-electron chi connectivity index (χ3n) is 7.76. The van der Waals surface area contributed by atoms with Crippen molar-refractivity contribution in [2.45, 2.75) is 38.8 Å². The molecular formula is C38H34N4O2. The number of aliphatic imine (C=N–C) groups is 2. The van der Waals surface area contributed by atoms with E-state index in [4.69, 9.17) is 29.4 Å². The van der Waals surface area contributed by atoms with Crippen LogP contribution in [0.1, 0.15) is 38.8 Å². The maximum Gasteiger partial charge on any atom is 0.216 e. The van der Waals surface area contributed by atoms with Crippen LogP contribution < -0.4 is 0 Å². The lowest BCUT2D eigenvalue weighted by atomic mass is 10.0. The summed E-state index contributed by atoms with van der Waals surface area (Å²) in [6.07, 6.45) is 0. The number of aromatic nitrogens is 2. The zero-order chi connectivity index (χ0) is 30.3. The van der Waals surface area contributed by atoms with Gasteiger partial charge < -0.3 is 9.47 Å². The Hall–Kier alpha value is -5.10. The zero-order valence-corrected chi connectivity index (χ0v) is 25.4. The molecule has 0 aliphatic carbocycles. The molecule has 0 N–H and O–H groups in total. The first-order valence-corrected chi connectivity index (χ1v) is 14.9. The Labute approximate surface area is 258 Å². The highest BCUT2D eigenvalue weighted by atomic mass is 16.5. The Kier molecular flexibility index (Phi) is 6.85. The number of rotatable bonds is 6. The van der Waals surface area contributed by atoms with E-state index in [-0.39, 0.29) is 11.1 Å². The van der Waals surface area contributed by atoms with Crippen molar-refractivity contribution in [1.29, 1.82) is 0 Å². The molecule has 6 heteroatoms. The summed E-state index contributed by atoms with van der Waals surface area (Å²) in [6, 6.07) is 37.3. The fourth-order valence-corrected chi connectivity index (χ4v) is 5.35. The van der Waals surface area contributed by atoms with Crippen LogP contribution in [-0.4, -0.2) is 46.1 Å². The Morgan fingerprint density at radius 3 is 1.27 bits per heavy atom. The second-order valence-corrected chi connectivity index (χ2v) is 12.6.